The second-order valence-corrected chi connectivity index (χ2v) is 8.80. The first-order valence-corrected chi connectivity index (χ1v) is 11.2. The van der Waals surface area contributed by atoms with E-state index in [-0.39, 0.29) is 11.8 Å². The molecule has 3 aromatic rings. The predicted octanol–water partition coefficient (Wildman–Crippen LogP) is 4.12. The largest absolute Gasteiger partial charge is 0.497 e. The van der Waals surface area contributed by atoms with Gasteiger partial charge >= 0.3 is 0 Å². The van der Waals surface area contributed by atoms with Gasteiger partial charge in [0.1, 0.15) is 11.7 Å². The smallest absolute Gasteiger partial charge is 0.266 e. The molecule has 0 unspecified atom stereocenters. The molecule has 0 bridgehead atoms. The first kappa shape index (κ1) is 22.0. The first-order valence-electron chi connectivity index (χ1n) is 11.2. The van der Waals surface area contributed by atoms with Crippen molar-refractivity contribution in [2.75, 3.05) is 36.1 Å². The summed E-state index contributed by atoms with van der Waals surface area (Å²) in [5.41, 5.74) is 4.33. The standard InChI is InChI=1S/C27H27N3O4/c1-17-7-5-6-8-22(17)30-24(18-9-11-19(12-10-18)28(2)3)23-25(34-30)27(32)29(26(23)31)20-13-15-21(33-4)16-14-20/h5-16,23-25H,1-4H3/t23-,24-,25-/m0/s1. The molecule has 2 aliphatic rings. The SMILES string of the molecule is COc1ccc(N2C(=O)[C@@H]3[C@H](ON(c4ccccc4C)[C@H]3c3ccc(N(C)C)cc3)C2=O)cc1. The number of hydrogen-bond acceptors (Lipinski definition) is 6. The Hall–Kier alpha value is -3.84. The Bertz CT molecular complexity index is 1220. The van der Waals surface area contributed by atoms with E-state index in [1.165, 1.54) is 4.90 Å². The Morgan fingerprint density at radius 3 is 2.18 bits per heavy atom. The normalized spacial score (nSPS) is 21.7. The number of anilines is 3. The van der Waals surface area contributed by atoms with Gasteiger partial charge in [-0.2, -0.15) is 0 Å². The average molecular weight is 458 g/mol. The fourth-order valence-electron chi connectivity index (χ4n) is 4.73. The topological polar surface area (TPSA) is 62.3 Å². The molecule has 0 aromatic heterocycles. The molecule has 7 nitrogen and oxygen atoms in total. The van der Waals surface area contributed by atoms with Crippen molar-refractivity contribution in [2.24, 2.45) is 5.92 Å². The molecule has 2 heterocycles. The molecule has 3 atom stereocenters. The summed E-state index contributed by atoms with van der Waals surface area (Å²) in [7, 11) is 5.54. The van der Waals surface area contributed by atoms with Crippen molar-refractivity contribution in [1.82, 2.24) is 0 Å². The summed E-state index contributed by atoms with van der Waals surface area (Å²) < 4.78 is 5.21. The van der Waals surface area contributed by atoms with Crippen molar-refractivity contribution in [3.63, 3.8) is 0 Å². The fraction of sp³-hybridized carbons (Fsp3) is 0.259. The van der Waals surface area contributed by atoms with Gasteiger partial charge in [-0.3, -0.25) is 14.4 Å². The highest BCUT2D eigenvalue weighted by Crippen LogP contribution is 2.48. The number of benzene rings is 3. The first-order chi connectivity index (χ1) is 16.4. The third kappa shape index (κ3) is 3.49. The molecular formula is C27H27N3O4. The minimum atomic E-state index is -0.896. The van der Waals surface area contributed by atoms with Crippen molar-refractivity contribution < 1.29 is 19.2 Å². The number of rotatable bonds is 5. The highest BCUT2D eigenvalue weighted by atomic mass is 16.7. The quantitative estimate of drug-likeness (QED) is 0.537. The van der Waals surface area contributed by atoms with Gasteiger partial charge in [-0.15, -0.1) is 0 Å². The minimum absolute atomic E-state index is 0.266. The number of aryl methyl sites for hydroxylation is 1. The molecule has 0 saturated carbocycles. The average Bonchev–Trinajstić information content (AvgIpc) is 3.35. The molecule has 3 aromatic carbocycles. The number of amides is 2. The molecular weight excluding hydrogens is 430 g/mol. The Kier molecular flexibility index (Phi) is 5.49. The molecule has 2 aliphatic heterocycles. The van der Waals surface area contributed by atoms with Crippen LogP contribution in [0.3, 0.4) is 0 Å². The highest BCUT2D eigenvalue weighted by molar-refractivity contribution is 6.24. The molecule has 0 spiro atoms. The van der Waals surface area contributed by atoms with Crippen molar-refractivity contribution in [2.45, 2.75) is 19.1 Å². The third-order valence-corrected chi connectivity index (χ3v) is 6.55. The third-order valence-electron chi connectivity index (χ3n) is 6.55. The monoisotopic (exact) mass is 457 g/mol. The summed E-state index contributed by atoms with van der Waals surface area (Å²) in [5, 5.41) is 1.75. The van der Waals surface area contributed by atoms with Gasteiger partial charge in [-0.05, 0) is 60.5 Å². The number of ether oxygens (including phenoxy) is 1. The van der Waals surface area contributed by atoms with Gasteiger partial charge < -0.3 is 9.64 Å². The van der Waals surface area contributed by atoms with Gasteiger partial charge in [-0.25, -0.2) is 9.96 Å². The molecule has 0 N–H and O–H groups in total. The molecule has 174 valence electrons. The van der Waals surface area contributed by atoms with Crippen LogP contribution in [0.2, 0.25) is 0 Å². The predicted molar refractivity (Wildman–Crippen MR) is 131 cm³/mol. The maximum Gasteiger partial charge on any atom is 0.266 e. The Morgan fingerprint density at radius 2 is 1.56 bits per heavy atom. The number of fused-ring (bicyclic) bond motifs is 1. The molecule has 2 fully saturated rings. The second-order valence-electron chi connectivity index (χ2n) is 8.80. The number of nitrogens with zero attached hydrogens (tertiary/aromatic N) is 3. The number of carbonyl (C=O) groups excluding carboxylic acids is 2. The van der Waals surface area contributed by atoms with Crippen molar-refractivity contribution in [3.05, 3.63) is 83.9 Å². The molecule has 34 heavy (non-hydrogen) atoms. The minimum Gasteiger partial charge on any atom is -0.497 e. The van der Waals surface area contributed by atoms with E-state index < -0.39 is 18.1 Å². The van der Waals surface area contributed by atoms with Crippen LogP contribution in [0.15, 0.2) is 72.8 Å². The summed E-state index contributed by atoms with van der Waals surface area (Å²) in [6.07, 6.45) is -0.896. The zero-order valence-corrected chi connectivity index (χ0v) is 19.6. The van der Waals surface area contributed by atoms with E-state index in [1.54, 1.807) is 36.4 Å². The summed E-state index contributed by atoms with van der Waals surface area (Å²) in [6.45, 7) is 1.99. The van der Waals surface area contributed by atoms with Gasteiger partial charge in [-0.1, -0.05) is 30.3 Å². The van der Waals surface area contributed by atoms with Crippen LogP contribution in [0.5, 0.6) is 5.75 Å². The fourth-order valence-corrected chi connectivity index (χ4v) is 4.73. The number of hydrogen-bond donors (Lipinski definition) is 0. The summed E-state index contributed by atoms with van der Waals surface area (Å²) in [5.74, 6) is -0.632. The molecule has 0 radical (unpaired) electrons. The molecule has 0 aliphatic carbocycles. The van der Waals surface area contributed by atoms with E-state index >= 15 is 0 Å². The number of methoxy groups -OCH3 is 1. The van der Waals surface area contributed by atoms with Gasteiger partial charge in [0.15, 0.2) is 6.10 Å². The lowest BCUT2D eigenvalue weighted by molar-refractivity contribution is -0.126. The van der Waals surface area contributed by atoms with E-state index in [0.29, 0.717) is 11.4 Å². The van der Waals surface area contributed by atoms with Crippen LogP contribution >= 0.6 is 0 Å². The van der Waals surface area contributed by atoms with Gasteiger partial charge in [0, 0.05) is 19.8 Å². The van der Waals surface area contributed by atoms with Crippen molar-refractivity contribution in [1.29, 1.82) is 0 Å². The second kappa shape index (κ2) is 8.50. The lowest BCUT2D eigenvalue weighted by Crippen LogP contribution is -2.37. The Morgan fingerprint density at radius 1 is 0.882 bits per heavy atom. The van der Waals surface area contributed by atoms with Gasteiger partial charge in [0.05, 0.1) is 24.5 Å². The van der Waals surface area contributed by atoms with E-state index in [2.05, 4.69) is 0 Å². The molecule has 2 amide bonds. The van der Waals surface area contributed by atoms with Crippen LogP contribution in [0, 0.1) is 12.8 Å². The maximum atomic E-state index is 13.7. The van der Waals surface area contributed by atoms with Gasteiger partial charge in [0.2, 0.25) is 5.91 Å². The van der Waals surface area contributed by atoms with E-state index in [9.17, 15) is 9.59 Å². The van der Waals surface area contributed by atoms with Crippen LogP contribution in [0.1, 0.15) is 17.2 Å². The van der Waals surface area contributed by atoms with Crippen LogP contribution in [0.4, 0.5) is 17.1 Å². The van der Waals surface area contributed by atoms with Crippen molar-refractivity contribution in [3.8, 4) is 5.75 Å². The lowest BCUT2D eigenvalue weighted by atomic mass is 9.90. The highest BCUT2D eigenvalue weighted by Gasteiger charge is 2.60. The summed E-state index contributed by atoms with van der Waals surface area (Å²) in [6, 6.07) is 22.3. The van der Waals surface area contributed by atoms with Crippen LogP contribution < -0.4 is 19.6 Å². The Balaban J connectivity index is 1.57. The summed E-state index contributed by atoms with van der Waals surface area (Å²) in [4.78, 5) is 36.7. The molecule has 5 rings (SSSR count). The number of carbonyl (C=O) groups is 2. The van der Waals surface area contributed by atoms with Crippen molar-refractivity contribution >= 4 is 28.9 Å². The lowest BCUT2D eigenvalue weighted by Gasteiger charge is -2.30. The molecule has 2 saturated heterocycles. The van der Waals surface area contributed by atoms with Gasteiger partial charge in [0.25, 0.3) is 5.91 Å². The number of imide groups is 1. The zero-order chi connectivity index (χ0) is 24.0. The molecule has 7 heteroatoms. The number of para-hydroxylation sites is 1. The maximum absolute atomic E-state index is 13.7. The Labute approximate surface area is 199 Å². The van der Waals surface area contributed by atoms with E-state index in [4.69, 9.17) is 9.57 Å². The van der Waals surface area contributed by atoms with Crippen LogP contribution in [0.25, 0.3) is 0 Å². The van der Waals surface area contributed by atoms with Crippen LogP contribution in [-0.4, -0.2) is 39.1 Å². The van der Waals surface area contributed by atoms with Crippen LogP contribution in [-0.2, 0) is 14.4 Å². The van der Waals surface area contributed by atoms with E-state index in [1.807, 2.05) is 74.4 Å². The zero-order valence-electron chi connectivity index (χ0n) is 19.6. The van der Waals surface area contributed by atoms with E-state index in [0.717, 1.165) is 22.5 Å². The number of hydroxylamine groups is 1. The summed E-state index contributed by atoms with van der Waals surface area (Å²) >= 11 is 0.